The second-order valence-electron chi connectivity index (χ2n) is 6.38. The highest BCUT2D eigenvalue weighted by Gasteiger charge is 2.21. The van der Waals surface area contributed by atoms with E-state index in [4.69, 9.17) is 11.6 Å². The summed E-state index contributed by atoms with van der Waals surface area (Å²) in [5, 5.41) is 14.6. The number of halogens is 1. The summed E-state index contributed by atoms with van der Waals surface area (Å²) in [4.78, 5) is 16.4. The molecule has 2 N–H and O–H groups in total. The zero-order valence-electron chi connectivity index (χ0n) is 14.4. The molecule has 2 aromatic heterocycles. The van der Waals surface area contributed by atoms with Crippen molar-refractivity contribution in [3.05, 3.63) is 64.3 Å². The maximum Gasteiger partial charge on any atom is 0.259 e. The molecule has 0 atom stereocenters. The molecule has 3 aromatic rings. The monoisotopic (exact) mass is 387 g/mol. The third-order valence-electron chi connectivity index (χ3n) is 3.92. The van der Waals surface area contributed by atoms with Gasteiger partial charge in [0.15, 0.2) is 0 Å². The molecule has 0 spiro atoms. The van der Waals surface area contributed by atoms with Crippen molar-refractivity contribution >= 4 is 39.8 Å². The predicted octanol–water partition coefficient (Wildman–Crippen LogP) is 4.23. The Labute approximate surface area is 160 Å². The molecule has 6 nitrogen and oxygen atoms in total. The van der Waals surface area contributed by atoms with E-state index < -0.39 is 0 Å². The number of amides is 1. The molecule has 26 heavy (non-hydrogen) atoms. The lowest BCUT2D eigenvalue weighted by Crippen LogP contribution is -2.28. The van der Waals surface area contributed by atoms with Gasteiger partial charge in [-0.1, -0.05) is 48.9 Å². The zero-order chi connectivity index (χ0) is 18.6. The molecule has 134 valence electrons. The predicted molar refractivity (Wildman–Crippen MR) is 105 cm³/mol. The summed E-state index contributed by atoms with van der Waals surface area (Å²) in [5.41, 5.74) is 3.04. The fourth-order valence-electron chi connectivity index (χ4n) is 2.35. The number of hydrogen-bond acceptors (Lipinski definition) is 6. The van der Waals surface area contributed by atoms with Crippen molar-refractivity contribution in [3.8, 4) is 0 Å². The van der Waals surface area contributed by atoms with Gasteiger partial charge >= 0.3 is 0 Å². The summed E-state index contributed by atoms with van der Waals surface area (Å²) in [6, 6.07) is 11.3. The molecule has 0 saturated carbocycles. The third-order valence-corrected chi connectivity index (χ3v) is 4.77. The number of hydrogen-bond donors (Lipinski definition) is 2. The minimum atomic E-state index is -0.264. The Morgan fingerprint density at radius 3 is 2.77 bits per heavy atom. The second kappa shape index (κ2) is 7.80. The van der Waals surface area contributed by atoms with Gasteiger partial charge < -0.3 is 5.32 Å². The van der Waals surface area contributed by atoms with E-state index in [0.717, 1.165) is 10.6 Å². The Morgan fingerprint density at radius 2 is 2.12 bits per heavy atom. The van der Waals surface area contributed by atoms with Crippen LogP contribution in [0.15, 0.2) is 48.1 Å². The Morgan fingerprint density at radius 1 is 1.27 bits per heavy atom. The van der Waals surface area contributed by atoms with Gasteiger partial charge in [-0.25, -0.2) is 4.98 Å². The fraction of sp³-hybridized carbons (Fsp3) is 0.222. The van der Waals surface area contributed by atoms with Gasteiger partial charge in [0.2, 0.25) is 5.13 Å². The van der Waals surface area contributed by atoms with E-state index >= 15 is 0 Å². The summed E-state index contributed by atoms with van der Waals surface area (Å²) < 4.78 is 0. The molecule has 0 radical (unpaired) electrons. The van der Waals surface area contributed by atoms with Crippen LogP contribution in [-0.2, 0) is 5.41 Å². The lowest BCUT2D eigenvalue weighted by atomic mass is 9.84. The molecule has 8 heteroatoms. The first-order chi connectivity index (χ1) is 12.4. The Bertz CT molecular complexity index is 881. The highest BCUT2D eigenvalue weighted by molar-refractivity contribution is 7.13. The van der Waals surface area contributed by atoms with Crippen molar-refractivity contribution in [2.45, 2.75) is 19.3 Å². The van der Waals surface area contributed by atoms with Gasteiger partial charge in [0.05, 0.1) is 5.56 Å². The van der Waals surface area contributed by atoms with Crippen LogP contribution in [0.3, 0.4) is 0 Å². The normalized spacial score (nSPS) is 11.2. The van der Waals surface area contributed by atoms with Crippen LogP contribution in [0.1, 0.15) is 29.8 Å². The molecule has 1 aromatic carbocycles. The first-order valence-electron chi connectivity index (χ1n) is 7.97. The molecular formula is C18H18ClN5OS. The summed E-state index contributed by atoms with van der Waals surface area (Å²) in [6.07, 6.45) is 1.53. The average molecular weight is 388 g/mol. The summed E-state index contributed by atoms with van der Waals surface area (Å²) in [6.45, 7) is 4.95. The molecule has 0 fully saturated rings. The van der Waals surface area contributed by atoms with Crippen LogP contribution in [0.2, 0.25) is 5.02 Å². The highest BCUT2D eigenvalue weighted by Crippen LogP contribution is 2.26. The first kappa shape index (κ1) is 18.3. The number of anilines is 2. The molecule has 2 heterocycles. The SMILES string of the molecule is CC(C)(CNc1ccc(C(=O)Nc2nncs2)cn1)c1cccc(Cl)c1. The third kappa shape index (κ3) is 4.56. The second-order valence-corrected chi connectivity index (χ2v) is 7.65. The molecule has 0 aliphatic carbocycles. The van der Waals surface area contributed by atoms with Crippen LogP contribution >= 0.6 is 22.9 Å². The summed E-state index contributed by atoms with van der Waals surface area (Å²) in [7, 11) is 0. The van der Waals surface area contributed by atoms with Crippen LogP contribution in [0.5, 0.6) is 0 Å². The number of rotatable bonds is 6. The van der Waals surface area contributed by atoms with Gasteiger partial charge in [-0.3, -0.25) is 10.1 Å². The number of nitrogens with one attached hydrogen (secondary N) is 2. The van der Waals surface area contributed by atoms with E-state index in [9.17, 15) is 4.79 Å². The Kier molecular flexibility index (Phi) is 5.49. The van der Waals surface area contributed by atoms with Crippen LogP contribution in [0.4, 0.5) is 10.9 Å². The number of aromatic nitrogens is 3. The average Bonchev–Trinajstić information content (AvgIpc) is 3.13. The van der Waals surface area contributed by atoms with E-state index in [1.165, 1.54) is 17.5 Å². The van der Waals surface area contributed by atoms with Crippen molar-refractivity contribution < 1.29 is 4.79 Å². The van der Waals surface area contributed by atoms with Crippen molar-refractivity contribution in [1.29, 1.82) is 0 Å². The van der Waals surface area contributed by atoms with Crippen LogP contribution < -0.4 is 10.6 Å². The lowest BCUT2D eigenvalue weighted by molar-refractivity contribution is 0.102. The van der Waals surface area contributed by atoms with Gasteiger partial charge in [0.1, 0.15) is 11.3 Å². The number of carbonyl (C=O) groups is 1. The quantitative estimate of drug-likeness (QED) is 0.661. The Balaban J connectivity index is 1.61. The standard InChI is InChI=1S/C18H18ClN5OS/c1-18(2,13-4-3-5-14(19)8-13)10-21-15-7-6-12(9-20-15)16(25)23-17-24-22-11-26-17/h3-9,11H,10H2,1-2H3,(H,20,21)(H,23,24,25). The van der Waals surface area contributed by atoms with E-state index in [1.807, 2.05) is 18.2 Å². The molecule has 0 bridgehead atoms. The van der Waals surface area contributed by atoms with Gasteiger partial charge in [-0.2, -0.15) is 0 Å². The van der Waals surface area contributed by atoms with E-state index in [-0.39, 0.29) is 11.3 Å². The molecule has 0 saturated heterocycles. The van der Waals surface area contributed by atoms with Gasteiger partial charge in [0, 0.05) is 23.2 Å². The lowest BCUT2D eigenvalue weighted by Gasteiger charge is -2.26. The van der Waals surface area contributed by atoms with Crippen molar-refractivity contribution in [3.63, 3.8) is 0 Å². The molecule has 1 amide bonds. The fourth-order valence-corrected chi connectivity index (χ4v) is 2.98. The minimum Gasteiger partial charge on any atom is -0.369 e. The molecule has 0 aliphatic heterocycles. The van der Waals surface area contributed by atoms with Crippen molar-refractivity contribution in [2.24, 2.45) is 0 Å². The first-order valence-corrected chi connectivity index (χ1v) is 9.23. The molecule has 0 aliphatic rings. The topological polar surface area (TPSA) is 79.8 Å². The summed E-state index contributed by atoms with van der Waals surface area (Å²) in [5.74, 6) is 0.438. The number of nitrogens with zero attached hydrogens (tertiary/aromatic N) is 3. The molecule has 0 unspecified atom stereocenters. The van der Waals surface area contributed by atoms with E-state index in [2.05, 4.69) is 45.7 Å². The van der Waals surface area contributed by atoms with Gasteiger partial charge in [-0.05, 0) is 29.8 Å². The van der Waals surface area contributed by atoms with Gasteiger partial charge in [0.25, 0.3) is 5.91 Å². The molecule has 3 rings (SSSR count). The van der Waals surface area contributed by atoms with E-state index in [0.29, 0.717) is 23.1 Å². The van der Waals surface area contributed by atoms with Crippen molar-refractivity contribution in [2.75, 3.05) is 17.2 Å². The maximum atomic E-state index is 12.1. The molecular weight excluding hydrogens is 370 g/mol. The van der Waals surface area contributed by atoms with E-state index in [1.54, 1.807) is 17.6 Å². The van der Waals surface area contributed by atoms with Crippen LogP contribution in [0, 0.1) is 0 Å². The number of benzene rings is 1. The van der Waals surface area contributed by atoms with Crippen LogP contribution in [-0.4, -0.2) is 27.6 Å². The smallest absolute Gasteiger partial charge is 0.259 e. The Hall–Kier alpha value is -2.51. The van der Waals surface area contributed by atoms with Gasteiger partial charge in [-0.15, -0.1) is 10.2 Å². The zero-order valence-corrected chi connectivity index (χ0v) is 15.9. The number of carbonyl (C=O) groups excluding carboxylic acids is 1. The minimum absolute atomic E-state index is 0.125. The maximum absolute atomic E-state index is 12.1. The number of pyridine rings is 1. The summed E-state index contributed by atoms with van der Waals surface area (Å²) >= 11 is 7.35. The highest BCUT2D eigenvalue weighted by atomic mass is 35.5. The van der Waals surface area contributed by atoms with Crippen LogP contribution in [0.25, 0.3) is 0 Å². The van der Waals surface area contributed by atoms with Crippen molar-refractivity contribution in [1.82, 2.24) is 15.2 Å². The largest absolute Gasteiger partial charge is 0.369 e.